The predicted octanol–water partition coefficient (Wildman–Crippen LogP) is 2.11. The van der Waals surface area contributed by atoms with Crippen LogP contribution in [0.2, 0.25) is 5.02 Å². The summed E-state index contributed by atoms with van der Waals surface area (Å²) in [4.78, 5) is 26.8. The smallest absolute Gasteiger partial charge is 0.256 e. The topological polar surface area (TPSA) is 161 Å². The van der Waals surface area contributed by atoms with Gasteiger partial charge in [-0.2, -0.15) is 0 Å². The van der Waals surface area contributed by atoms with Gasteiger partial charge in [-0.05, 0) is 44.5 Å². The molecule has 2 aromatic rings. The minimum Gasteiger partial charge on any atom is -0.392 e. The third-order valence-electron chi connectivity index (χ3n) is 4.70. The molecule has 1 unspecified atom stereocenters. The van der Waals surface area contributed by atoms with Crippen molar-refractivity contribution >= 4 is 41.0 Å². The van der Waals surface area contributed by atoms with Gasteiger partial charge in [0.05, 0.1) is 24.6 Å². The van der Waals surface area contributed by atoms with Gasteiger partial charge in [-0.25, -0.2) is 5.84 Å². The summed E-state index contributed by atoms with van der Waals surface area (Å²) in [5, 5.41) is 19.7. The molecular formula is C21H27ClN6O3. The molecule has 0 saturated heterocycles. The number of aryl methyl sites for hydroxylation is 1. The van der Waals surface area contributed by atoms with Crippen molar-refractivity contribution in [1.82, 2.24) is 9.99 Å². The van der Waals surface area contributed by atoms with Crippen molar-refractivity contribution in [2.75, 3.05) is 11.9 Å². The summed E-state index contributed by atoms with van der Waals surface area (Å²) < 4.78 is 0. The maximum Gasteiger partial charge on any atom is 0.256 e. The van der Waals surface area contributed by atoms with Crippen LogP contribution in [0, 0.1) is 19.3 Å². The second kappa shape index (κ2) is 10.3. The van der Waals surface area contributed by atoms with Gasteiger partial charge in [-0.1, -0.05) is 17.7 Å². The zero-order chi connectivity index (χ0) is 23.3. The number of carbonyl (C=O) groups is 2. The second-order valence-electron chi connectivity index (χ2n) is 7.23. The molecule has 0 spiro atoms. The van der Waals surface area contributed by atoms with E-state index in [-0.39, 0.29) is 5.91 Å². The molecule has 166 valence electrons. The molecule has 0 radical (unpaired) electrons. The number of halogens is 1. The highest BCUT2D eigenvalue weighted by Gasteiger charge is 2.24. The summed E-state index contributed by atoms with van der Waals surface area (Å²) in [6.07, 6.45) is 2.82. The Kier molecular flexibility index (Phi) is 7.98. The number of nitrogens with two attached hydrogens (primary N) is 2. The van der Waals surface area contributed by atoms with Crippen LogP contribution in [0.15, 0.2) is 24.3 Å². The number of amides is 2. The largest absolute Gasteiger partial charge is 0.392 e. The fraction of sp³-hybridized carbons (Fsp3) is 0.286. The summed E-state index contributed by atoms with van der Waals surface area (Å²) in [5.74, 6) is 4.50. The van der Waals surface area contributed by atoms with E-state index in [1.54, 1.807) is 32.0 Å². The van der Waals surface area contributed by atoms with Gasteiger partial charge in [0.25, 0.3) is 11.8 Å². The number of allylic oxidation sites excluding steroid dienone is 1. The third kappa shape index (κ3) is 5.94. The van der Waals surface area contributed by atoms with Gasteiger partial charge in [-0.3, -0.25) is 20.0 Å². The van der Waals surface area contributed by atoms with Gasteiger partial charge in [0.15, 0.2) is 0 Å². The minimum absolute atomic E-state index is 0.154. The number of H-pyrrole nitrogens is 1. The highest BCUT2D eigenvalue weighted by atomic mass is 35.5. The molecule has 1 aliphatic heterocycles. The standard InChI is InChI=1S/C17H16ClN3O2.C4H11N3O/c1-8-13(20-9(2)15(8)16(19)22)6-4-11-12-7-10(18)3-5-14(12)21-17(11)23;1-4(8)2-7(6)3-5/h3-5,7,20H,6H2,1-2H3,(H2,19,22)(H,21,23);3-5,8H,2,6H2,1H3/b11-4-;. The number of hydrogen-bond donors (Lipinski definition) is 6. The fourth-order valence-corrected chi connectivity index (χ4v) is 3.49. The Morgan fingerprint density at radius 2 is 2.06 bits per heavy atom. The number of primary amides is 1. The van der Waals surface area contributed by atoms with E-state index < -0.39 is 12.0 Å². The molecule has 1 atom stereocenters. The molecule has 0 saturated carbocycles. The molecule has 31 heavy (non-hydrogen) atoms. The maximum absolute atomic E-state index is 12.1. The van der Waals surface area contributed by atoms with E-state index in [0.717, 1.165) is 39.5 Å². The Bertz CT molecular complexity index is 1030. The number of nitrogens with zero attached hydrogens (tertiary/aromatic N) is 1. The van der Waals surface area contributed by atoms with Gasteiger partial charge in [0, 0.05) is 39.7 Å². The van der Waals surface area contributed by atoms with E-state index in [1.807, 2.05) is 13.0 Å². The number of aromatic amines is 1. The zero-order valence-corrected chi connectivity index (χ0v) is 18.4. The fourth-order valence-electron chi connectivity index (χ4n) is 3.31. The Morgan fingerprint density at radius 1 is 1.39 bits per heavy atom. The highest BCUT2D eigenvalue weighted by molar-refractivity contribution is 6.34. The highest BCUT2D eigenvalue weighted by Crippen LogP contribution is 2.34. The molecule has 10 heteroatoms. The average Bonchev–Trinajstić information content (AvgIpc) is 3.14. The lowest BCUT2D eigenvalue weighted by molar-refractivity contribution is -0.110. The molecule has 8 N–H and O–H groups in total. The first-order valence-corrected chi connectivity index (χ1v) is 9.92. The summed E-state index contributed by atoms with van der Waals surface area (Å²) in [5.41, 5.74) is 10.5. The molecule has 9 nitrogen and oxygen atoms in total. The Balaban J connectivity index is 0.000000366. The maximum atomic E-state index is 12.1. The average molecular weight is 447 g/mol. The molecule has 0 aliphatic carbocycles. The van der Waals surface area contributed by atoms with Crippen molar-refractivity contribution in [3.63, 3.8) is 0 Å². The number of hydrogen-bond acceptors (Lipinski definition) is 5. The molecule has 1 aromatic heterocycles. The lowest BCUT2D eigenvalue weighted by atomic mass is 10.0. The monoisotopic (exact) mass is 446 g/mol. The minimum atomic E-state index is -0.471. The molecule has 1 aliphatic rings. The van der Waals surface area contributed by atoms with Crippen molar-refractivity contribution in [3.8, 4) is 0 Å². The molecule has 2 heterocycles. The molecule has 0 bridgehead atoms. The number of benzene rings is 1. The van der Waals surface area contributed by atoms with Crippen molar-refractivity contribution in [1.29, 1.82) is 5.41 Å². The zero-order valence-electron chi connectivity index (χ0n) is 17.6. The van der Waals surface area contributed by atoms with Gasteiger partial charge in [0.2, 0.25) is 0 Å². The Hall–Kier alpha value is -3.14. The number of hydrazine groups is 1. The van der Waals surface area contributed by atoms with Crippen LogP contribution < -0.4 is 16.9 Å². The SMILES string of the molecule is CC(O)CN(N)C=N.Cc1[nH]c(C/C=C2\C(=O)Nc3ccc(Cl)cc32)c(C)c1C(N)=O. The summed E-state index contributed by atoms with van der Waals surface area (Å²) in [6, 6.07) is 5.29. The molecule has 2 amide bonds. The van der Waals surface area contributed by atoms with Gasteiger partial charge in [-0.15, -0.1) is 0 Å². The first-order chi connectivity index (χ1) is 14.5. The number of rotatable bonds is 6. The molecule has 1 aromatic carbocycles. The van der Waals surface area contributed by atoms with Crippen LogP contribution in [-0.2, 0) is 11.2 Å². The first-order valence-electron chi connectivity index (χ1n) is 9.54. The van der Waals surface area contributed by atoms with Crippen molar-refractivity contribution in [2.45, 2.75) is 33.3 Å². The normalized spacial score (nSPS) is 14.4. The molecule has 0 fully saturated rings. The van der Waals surface area contributed by atoms with E-state index in [1.165, 1.54) is 0 Å². The number of aromatic nitrogens is 1. The molecular weight excluding hydrogens is 420 g/mol. The van der Waals surface area contributed by atoms with E-state index in [0.29, 0.717) is 29.1 Å². The quantitative estimate of drug-likeness (QED) is 0.131. The van der Waals surface area contributed by atoms with Crippen molar-refractivity contribution in [3.05, 3.63) is 57.4 Å². The van der Waals surface area contributed by atoms with Crippen LogP contribution in [-0.4, -0.2) is 45.9 Å². The van der Waals surface area contributed by atoms with E-state index >= 15 is 0 Å². The van der Waals surface area contributed by atoms with Crippen LogP contribution in [0.25, 0.3) is 5.57 Å². The van der Waals surface area contributed by atoms with Crippen LogP contribution in [0.1, 0.15) is 39.8 Å². The van der Waals surface area contributed by atoms with Crippen molar-refractivity contribution in [2.24, 2.45) is 11.6 Å². The van der Waals surface area contributed by atoms with Crippen LogP contribution in [0.4, 0.5) is 5.69 Å². The summed E-state index contributed by atoms with van der Waals surface area (Å²) in [7, 11) is 0. The molecule has 3 rings (SSSR count). The number of nitrogens with one attached hydrogen (secondary N) is 3. The van der Waals surface area contributed by atoms with E-state index in [4.69, 9.17) is 33.7 Å². The predicted molar refractivity (Wildman–Crippen MR) is 122 cm³/mol. The Morgan fingerprint density at radius 3 is 2.58 bits per heavy atom. The number of carbonyl (C=O) groups excluding carboxylic acids is 2. The summed E-state index contributed by atoms with van der Waals surface area (Å²) in [6.45, 7) is 5.57. The summed E-state index contributed by atoms with van der Waals surface area (Å²) >= 11 is 6.01. The number of aliphatic hydroxyl groups is 1. The lowest BCUT2D eigenvalue weighted by Crippen LogP contribution is -2.35. The number of fused-ring (bicyclic) bond motifs is 1. The van der Waals surface area contributed by atoms with Gasteiger partial charge >= 0.3 is 0 Å². The van der Waals surface area contributed by atoms with Gasteiger partial charge in [0.1, 0.15) is 0 Å². The first kappa shape index (κ1) is 24.1. The van der Waals surface area contributed by atoms with E-state index in [2.05, 4.69) is 10.3 Å². The number of anilines is 1. The van der Waals surface area contributed by atoms with E-state index in [9.17, 15) is 9.59 Å². The van der Waals surface area contributed by atoms with Gasteiger partial charge < -0.3 is 21.1 Å². The Labute approximate surface area is 185 Å². The number of aliphatic hydroxyl groups excluding tert-OH is 1. The van der Waals surface area contributed by atoms with Crippen LogP contribution in [0.3, 0.4) is 0 Å². The van der Waals surface area contributed by atoms with Crippen molar-refractivity contribution < 1.29 is 14.7 Å². The van der Waals surface area contributed by atoms with Crippen LogP contribution >= 0.6 is 11.6 Å². The third-order valence-corrected chi connectivity index (χ3v) is 4.94. The van der Waals surface area contributed by atoms with Crippen LogP contribution in [0.5, 0.6) is 0 Å². The second-order valence-corrected chi connectivity index (χ2v) is 7.67. The lowest BCUT2D eigenvalue weighted by Gasteiger charge is -2.12.